The molecule has 18 heavy (non-hydrogen) atoms. The minimum atomic E-state index is -0.175. The topological polar surface area (TPSA) is 41.6 Å². The molecule has 0 spiro atoms. The number of nitrogens with zero attached hydrogens (tertiary/aromatic N) is 1. The molecule has 2 rings (SSSR count). The number of nitrogens with one attached hydrogen (secondary N) is 1. The zero-order valence-electron chi connectivity index (χ0n) is 11.0. The van der Waals surface area contributed by atoms with Gasteiger partial charge >= 0.3 is 0 Å². The first-order valence-electron chi connectivity index (χ1n) is 6.40. The molecule has 1 N–H and O–H groups in total. The average molecular weight is 248 g/mol. The van der Waals surface area contributed by atoms with E-state index >= 15 is 0 Å². The van der Waals surface area contributed by atoms with Crippen LogP contribution in [-0.4, -0.2) is 26.1 Å². The molecule has 1 aliphatic carbocycles. The highest BCUT2D eigenvalue weighted by molar-refractivity contribution is 5.94. The van der Waals surface area contributed by atoms with Gasteiger partial charge in [0, 0.05) is 25.3 Å². The van der Waals surface area contributed by atoms with Gasteiger partial charge < -0.3 is 4.90 Å². The Labute approximate surface area is 108 Å². The monoisotopic (exact) mass is 248 g/mol. The van der Waals surface area contributed by atoms with Crippen molar-refractivity contribution in [3.05, 3.63) is 29.8 Å². The summed E-state index contributed by atoms with van der Waals surface area (Å²) >= 11 is 0. The maximum atomic E-state index is 11.9. The van der Waals surface area contributed by atoms with Gasteiger partial charge in [-0.15, -0.1) is 0 Å². The van der Waals surface area contributed by atoms with Gasteiger partial charge in [-0.3, -0.25) is 9.63 Å². The summed E-state index contributed by atoms with van der Waals surface area (Å²) in [6.07, 6.45) is 4.65. The summed E-state index contributed by atoms with van der Waals surface area (Å²) in [6, 6.07) is 7.49. The van der Waals surface area contributed by atoms with Gasteiger partial charge in [0.1, 0.15) is 0 Å². The third-order valence-corrected chi connectivity index (χ3v) is 3.25. The Kier molecular flexibility index (Phi) is 4.20. The number of anilines is 1. The van der Waals surface area contributed by atoms with Gasteiger partial charge in [0.25, 0.3) is 5.91 Å². The number of amides is 1. The van der Waals surface area contributed by atoms with E-state index in [9.17, 15) is 4.79 Å². The lowest BCUT2D eigenvalue weighted by Gasteiger charge is -2.14. The summed E-state index contributed by atoms with van der Waals surface area (Å²) in [6.45, 7) is 0. The number of benzene rings is 1. The van der Waals surface area contributed by atoms with Gasteiger partial charge in [0.2, 0.25) is 0 Å². The Morgan fingerprint density at radius 2 is 2.06 bits per heavy atom. The Morgan fingerprint density at radius 1 is 1.33 bits per heavy atom. The van der Waals surface area contributed by atoms with Gasteiger partial charge in [-0.05, 0) is 31.0 Å². The molecule has 1 aromatic rings. The van der Waals surface area contributed by atoms with E-state index in [4.69, 9.17) is 4.84 Å². The summed E-state index contributed by atoms with van der Waals surface area (Å²) in [5.74, 6) is -0.175. The van der Waals surface area contributed by atoms with Crippen molar-refractivity contribution in [3.63, 3.8) is 0 Å². The van der Waals surface area contributed by atoms with Crippen LogP contribution in [0.3, 0.4) is 0 Å². The van der Waals surface area contributed by atoms with Crippen LogP contribution in [0.4, 0.5) is 5.69 Å². The molecule has 0 saturated heterocycles. The Hall–Kier alpha value is -1.55. The molecule has 1 fully saturated rings. The number of hydrogen-bond donors (Lipinski definition) is 1. The number of carbonyl (C=O) groups excluding carboxylic acids is 1. The van der Waals surface area contributed by atoms with Crippen LogP contribution >= 0.6 is 0 Å². The molecule has 0 heterocycles. The van der Waals surface area contributed by atoms with E-state index in [1.54, 1.807) is 6.07 Å². The first kappa shape index (κ1) is 12.9. The van der Waals surface area contributed by atoms with Crippen LogP contribution in [0.15, 0.2) is 24.3 Å². The minimum Gasteiger partial charge on any atom is -0.378 e. The van der Waals surface area contributed by atoms with E-state index in [1.165, 1.54) is 12.8 Å². The number of hydroxylamine groups is 1. The van der Waals surface area contributed by atoms with Gasteiger partial charge in [-0.2, -0.15) is 0 Å². The lowest BCUT2D eigenvalue weighted by atomic mass is 10.2. The Bertz CT molecular complexity index is 412. The SMILES string of the molecule is CN(C)c1cccc(C(=O)NOC2CCCC2)c1. The fourth-order valence-electron chi connectivity index (χ4n) is 2.13. The molecule has 0 radical (unpaired) electrons. The summed E-state index contributed by atoms with van der Waals surface area (Å²) in [5.41, 5.74) is 4.18. The van der Waals surface area contributed by atoms with E-state index in [-0.39, 0.29) is 12.0 Å². The second kappa shape index (κ2) is 5.87. The van der Waals surface area contributed by atoms with Crippen LogP contribution in [0, 0.1) is 0 Å². The van der Waals surface area contributed by atoms with Crippen LogP contribution in [0.1, 0.15) is 36.0 Å². The smallest absolute Gasteiger partial charge is 0.274 e. The molecule has 98 valence electrons. The van der Waals surface area contributed by atoms with Crippen LogP contribution in [0.2, 0.25) is 0 Å². The van der Waals surface area contributed by atoms with Crippen LogP contribution < -0.4 is 10.4 Å². The van der Waals surface area contributed by atoms with Crippen molar-refractivity contribution in [1.82, 2.24) is 5.48 Å². The van der Waals surface area contributed by atoms with Crippen LogP contribution in [-0.2, 0) is 4.84 Å². The molecule has 4 nitrogen and oxygen atoms in total. The number of hydrogen-bond acceptors (Lipinski definition) is 3. The summed E-state index contributed by atoms with van der Waals surface area (Å²) in [7, 11) is 3.90. The van der Waals surface area contributed by atoms with Gasteiger partial charge in [0.05, 0.1) is 6.10 Å². The zero-order valence-corrected chi connectivity index (χ0v) is 11.0. The van der Waals surface area contributed by atoms with E-state index in [1.807, 2.05) is 37.2 Å². The second-order valence-electron chi connectivity index (χ2n) is 4.90. The quantitative estimate of drug-likeness (QED) is 0.832. The maximum absolute atomic E-state index is 11.9. The van der Waals surface area contributed by atoms with Gasteiger partial charge in [-0.1, -0.05) is 18.9 Å². The largest absolute Gasteiger partial charge is 0.378 e. The van der Waals surface area contributed by atoms with E-state index < -0.39 is 0 Å². The lowest BCUT2D eigenvalue weighted by Crippen LogP contribution is -2.28. The Balaban J connectivity index is 1.93. The predicted octanol–water partition coefficient (Wildman–Crippen LogP) is 2.36. The van der Waals surface area contributed by atoms with Crippen LogP contribution in [0.25, 0.3) is 0 Å². The van der Waals surface area contributed by atoms with Gasteiger partial charge in [-0.25, -0.2) is 5.48 Å². The Morgan fingerprint density at radius 3 is 2.72 bits per heavy atom. The molecule has 0 aliphatic heterocycles. The number of rotatable bonds is 4. The molecule has 1 aliphatic rings. The standard InChI is InChI=1S/C14H20N2O2/c1-16(2)12-7-5-6-11(10-12)14(17)15-18-13-8-3-4-9-13/h5-7,10,13H,3-4,8-9H2,1-2H3,(H,15,17). The maximum Gasteiger partial charge on any atom is 0.274 e. The summed E-state index contributed by atoms with van der Waals surface area (Å²) < 4.78 is 0. The first-order chi connectivity index (χ1) is 8.66. The zero-order chi connectivity index (χ0) is 13.0. The summed E-state index contributed by atoms with van der Waals surface area (Å²) in [5, 5.41) is 0. The van der Waals surface area contributed by atoms with Gasteiger partial charge in [0.15, 0.2) is 0 Å². The highest BCUT2D eigenvalue weighted by Crippen LogP contribution is 2.20. The van der Waals surface area contributed by atoms with Crippen molar-refractivity contribution in [2.45, 2.75) is 31.8 Å². The molecule has 0 unspecified atom stereocenters. The molecular weight excluding hydrogens is 228 g/mol. The van der Waals surface area contributed by atoms with Crippen molar-refractivity contribution in [3.8, 4) is 0 Å². The van der Waals surface area contributed by atoms with E-state index in [0.29, 0.717) is 5.56 Å². The minimum absolute atomic E-state index is 0.175. The molecule has 0 bridgehead atoms. The number of carbonyl (C=O) groups is 1. The predicted molar refractivity (Wildman–Crippen MR) is 71.6 cm³/mol. The fourth-order valence-corrected chi connectivity index (χ4v) is 2.13. The van der Waals surface area contributed by atoms with Crippen molar-refractivity contribution < 1.29 is 9.63 Å². The van der Waals surface area contributed by atoms with Crippen molar-refractivity contribution >= 4 is 11.6 Å². The molecule has 0 atom stereocenters. The van der Waals surface area contributed by atoms with E-state index in [2.05, 4.69) is 5.48 Å². The first-order valence-corrected chi connectivity index (χ1v) is 6.40. The molecule has 1 aromatic carbocycles. The lowest BCUT2D eigenvalue weighted by molar-refractivity contribution is -0.0124. The van der Waals surface area contributed by atoms with Crippen molar-refractivity contribution in [1.29, 1.82) is 0 Å². The highest BCUT2D eigenvalue weighted by Gasteiger charge is 2.17. The molecular formula is C14H20N2O2. The van der Waals surface area contributed by atoms with E-state index in [0.717, 1.165) is 18.5 Å². The molecule has 1 amide bonds. The van der Waals surface area contributed by atoms with Crippen molar-refractivity contribution in [2.75, 3.05) is 19.0 Å². The highest BCUT2D eigenvalue weighted by atomic mass is 16.7. The molecule has 4 heteroatoms. The third kappa shape index (κ3) is 3.23. The second-order valence-corrected chi connectivity index (χ2v) is 4.90. The normalized spacial score (nSPS) is 15.7. The molecule has 0 aromatic heterocycles. The average Bonchev–Trinajstić information content (AvgIpc) is 2.89. The van der Waals surface area contributed by atoms with Crippen LogP contribution in [0.5, 0.6) is 0 Å². The fraction of sp³-hybridized carbons (Fsp3) is 0.500. The molecule has 1 saturated carbocycles. The summed E-state index contributed by atoms with van der Waals surface area (Å²) in [4.78, 5) is 19.3. The third-order valence-electron chi connectivity index (χ3n) is 3.25. The van der Waals surface area contributed by atoms with Crippen molar-refractivity contribution in [2.24, 2.45) is 0 Å².